The fourth-order valence-electron chi connectivity index (χ4n) is 2.80. The van der Waals surface area contributed by atoms with Gasteiger partial charge in [0, 0.05) is 5.69 Å². The quantitative estimate of drug-likeness (QED) is 0.694. The van der Waals surface area contributed by atoms with E-state index < -0.39 is 0 Å². The molecule has 0 spiro atoms. The predicted molar refractivity (Wildman–Crippen MR) is 80.2 cm³/mol. The van der Waals surface area contributed by atoms with Crippen molar-refractivity contribution in [3.8, 4) is 0 Å². The van der Waals surface area contributed by atoms with Gasteiger partial charge < -0.3 is 15.5 Å². The van der Waals surface area contributed by atoms with Crippen LogP contribution in [0, 0.1) is 0 Å². The zero-order valence-electron chi connectivity index (χ0n) is 11.0. The Balaban J connectivity index is 1.69. The molecule has 1 heterocycles. The lowest BCUT2D eigenvalue weighted by Gasteiger charge is -2.04. The van der Waals surface area contributed by atoms with Crippen molar-refractivity contribution in [1.29, 1.82) is 0 Å². The number of nitrogens with one attached hydrogen (secondary N) is 1. The molecule has 0 aliphatic heterocycles. The number of benzene rings is 2. The Hall–Kier alpha value is -2.49. The van der Waals surface area contributed by atoms with E-state index in [0.29, 0.717) is 22.8 Å². The fourth-order valence-corrected chi connectivity index (χ4v) is 2.80. The summed E-state index contributed by atoms with van der Waals surface area (Å²) >= 11 is 0. The van der Waals surface area contributed by atoms with Gasteiger partial charge in [-0.15, -0.1) is 0 Å². The highest BCUT2D eigenvalue weighted by Gasteiger charge is 2.12. The third kappa shape index (κ3) is 1.81. The lowest BCUT2D eigenvalue weighted by atomic mass is 10.1. The smallest absolute Gasteiger partial charge is 0.300 e. The summed E-state index contributed by atoms with van der Waals surface area (Å²) in [4.78, 5) is 4.40. The Morgan fingerprint density at radius 1 is 1.10 bits per heavy atom. The molecule has 1 aromatic heterocycles. The van der Waals surface area contributed by atoms with Gasteiger partial charge >= 0.3 is 0 Å². The summed E-state index contributed by atoms with van der Waals surface area (Å²) in [5.41, 5.74) is 11.8. The highest BCUT2D eigenvalue weighted by Crippen LogP contribution is 2.28. The molecule has 2 aromatic carbocycles. The van der Waals surface area contributed by atoms with Crippen LogP contribution in [-0.2, 0) is 12.8 Å². The second-order valence-electron chi connectivity index (χ2n) is 5.18. The van der Waals surface area contributed by atoms with Crippen LogP contribution in [0.2, 0.25) is 0 Å². The van der Waals surface area contributed by atoms with Crippen LogP contribution in [0.5, 0.6) is 0 Å². The third-order valence-corrected chi connectivity index (χ3v) is 3.80. The van der Waals surface area contributed by atoms with Crippen molar-refractivity contribution in [2.24, 2.45) is 0 Å². The molecular weight excluding hydrogens is 250 g/mol. The highest BCUT2D eigenvalue weighted by molar-refractivity contribution is 5.86. The fraction of sp³-hybridized carbons (Fsp3) is 0.188. The van der Waals surface area contributed by atoms with E-state index in [-0.39, 0.29) is 0 Å². The van der Waals surface area contributed by atoms with Gasteiger partial charge in [0.25, 0.3) is 6.01 Å². The minimum atomic E-state index is 0.482. The average molecular weight is 265 g/mol. The van der Waals surface area contributed by atoms with E-state index in [1.54, 1.807) is 0 Å². The number of fused-ring (bicyclic) bond motifs is 2. The molecule has 3 N–H and O–H groups in total. The number of aryl methyl sites for hydroxylation is 2. The summed E-state index contributed by atoms with van der Waals surface area (Å²) in [6.07, 6.45) is 3.60. The van der Waals surface area contributed by atoms with Crippen molar-refractivity contribution in [1.82, 2.24) is 4.98 Å². The number of nitrogen functional groups attached to an aromatic ring is 1. The molecule has 0 radical (unpaired) electrons. The summed E-state index contributed by atoms with van der Waals surface area (Å²) in [5.74, 6) is 0. The molecule has 0 fully saturated rings. The topological polar surface area (TPSA) is 64.1 Å². The molecule has 100 valence electrons. The molecule has 4 rings (SSSR count). The Morgan fingerprint density at radius 3 is 2.90 bits per heavy atom. The lowest BCUT2D eigenvalue weighted by molar-refractivity contribution is 0.623. The first-order chi connectivity index (χ1) is 9.79. The standard InChI is InChI=1S/C16H15N3O/c17-13-5-2-6-14-15(13)19-16(20-14)18-12-8-7-10-3-1-4-11(10)9-12/h2,5-9H,1,3-4,17H2,(H,18,19). The van der Waals surface area contributed by atoms with Crippen LogP contribution >= 0.6 is 0 Å². The zero-order valence-corrected chi connectivity index (χ0v) is 11.0. The van der Waals surface area contributed by atoms with Gasteiger partial charge in [-0.3, -0.25) is 0 Å². The van der Waals surface area contributed by atoms with E-state index in [1.165, 1.54) is 24.0 Å². The molecule has 0 saturated carbocycles. The monoisotopic (exact) mass is 265 g/mol. The number of hydrogen-bond donors (Lipinski definition) is 2. The Labute approximate surface area is 116 Å². The third-order valence-electron chi connectivity index (χ3n) is 3.80. The van der Waals surface area contributed by atoms with Gasteiger partial charge in [-0.05, 0) is 54.7 Å². The number of nitrogens with two attached hydrogens (primary N) is 1. The van der Waals surface area contributed by atoms with Gasteiger partial charge in [-0.2, -0.15) is 4.98 Å². The highest BCUT2D eigenvalue weighted by atomic mass is 16.4. The second-order valence-corrected chi connectivity index (χ2v) is 5.18. The summed E-state index contributed by atoms with van der Waals surface area (Å²) in [7, 11) is 0. The van der Waals surface area contributed by atoms with Crippen LogP contribution in [0.25, 0.3) is 11.1 Å². The van der Waals surface area contributed by atoms with Crippen LogP contribution in [0.4, 0.5) is 17.4 Å². The van der Waals surface area contributed by atoms with Crippen LogP contribution in [0.1, 0.15) is 17.5 Å². The number of nitrogens with zero attached hydrogens (tertiary/aromatic N) is 1. The minimum Gasteiger partial charge on any atom is -0.423 e. The van der Waals surface area contributed by atoms with Gasteiger partial charge in [0.1, 0.15) is 5.52 Å². The van der Waals surface area contributed by atoms with E-state index >= 15 is 0 Å². The normalized spacial score (nSPS) is 13.6. The first-order valence-electron chi connectivity index (χ1n) is 6.83. The van der Waals surface area contributed by atoms with E-state index in [0.717, 1.165) is 12.1 Å². The molecule has 20 heavy (non-hydrogen) atoms. The first-order valence-corrected chi connectivity index (χ1v) is 6.83. The van der Waals surface area contributed by atoms with Crippen molar-refractivity contribution in [3.63, 3.8) is 0 Å². The maximum atomic E-state index is 5.89. The van der Waals surface area contributed by atoms with Gasteiger partial charge in [-0.25, -0.2) is 0 Å². The van der Waals surface area contributed by atoms with Gasteiger partial charge in [0.15, 0.2) is 5.58 Å². The molecule has 4 heteroatoms. The zero-order chi connectivity index (χ0) is 13.5. The predicted octanol–water partition coefficient (Wildman–Crippen LogP) is 3.64. The molecular formula is C16H15N3O. The minimum absolute atomic E-state index is 0.482. The van der Waals surface area contributed by atoms with Crippen molar-refractivity contribution in [3.05, 3.63) is 47.5 Å². The number of anilines is 3. The van der Waals surface area contributed by atoms with Crippen molar-refractivity contribution in [2.75, 3.05) is 11.1 Å². The van der Waals surface area contributed by atoms with Crippen molar-refractivity contribution < 1.29 is 4.42 Å². The Bertz CT molecular complexity index is 792. The summed E-state index contributed by atoms with van der Waals surface area (Å²) < 4.78 is 5.67. The van der Waals surface area contributed by atoms with E-state index in [2.05, 4.69) is 28.5 Å². The van der Waals surface area contributed by atoms with Crippen molar-refractivity contribution >= 4 is 28.5 Å². The molecule has 0 bridgehead atoms. The van der Waals surface area contributed by atoms with Gasteiger partial charge in [0.05, 0.1) is 5.69 Å². The maximum absolute atomic E-state index is 5.89. The van der Waals surface area contributed by atoms with Crippen molar-refractivity contribution in [2.45, 2.75) is 19.3 Å². The van der Waals surface area contributed by atoms with E-state index in [4.69, 9.17) is 10.2 Å². The van der Waals surface area contributed by atoms with Gasteiger partial charge in [0.2, 0.25) is 0 Å². The Morgan fingerprint density at radius 2 is 2.00 bits per heavy atom. The molecule has 0 atom stereocenters. The summed E-state index contributed by atoms with van der Waals surface area (Å²) in [6.45, 7) is 0. The van der Waals surface area contributed by atoms with Crippen LogP contribution in [-0.4, -0.2) is 4.98 Å². The summed E-state index contributed by atoms with van der Waals surface area (Å²) in [6, 6.07) is 12.5. The van der Waals surface area contributed by atoms with E-state index in [9.17, 15) is 0 Å². The number of rotatable bonds is 2. The molecule has 4 nitrogen and oxygen atoms in total. The molecule has 1 aliphatic carbocycles. The molecule has 1 aliphatic rings. The molecule has 0 saturated heterocycles. The molecule has 0 amide bonds. The maximum Gasteiger partial charge on any atom is 0.300 e. The lowest BCUT2D eigenvalue weighted by Crippen LogP contribution is -1.92. The van der Waals surface area contributed by atoms with E-state index in [1.807, 2.05) is 18.2 Å². The number of para-hydroxylation sites is 1. The second kappa shape index (κ2) is 4.27. The Kier molecular flexibility index (Phi) is 2.42. The number of hydrogen-bond acceptors (Lipinski definition) is 4. The number of aromatic nitrogens is 1. The van der Waals surface area contributed by atoms with Gasteiger partial charge in [-0.1, -0.05) is 12.1 Å². The number of oxazole rings is 1. The molecule has 3 aromatic rings. The largest absolute Gasteiger partial charge is 0.423 e. The van der Waals surface area contributed by atoms with Crippen LogP contribution < -0.4 is 11.1 Å². The van der Waals surface area contributed by atoms with Crippen LogP contribution in [0.15, 0.2) is 40.8 Å². The SMILES string of the molecule is Nc1cccc2oc(Nc3ccc4c(c3)CCC4)nc12. The van der Waals surface area contributed by atoms with Crippen LogP contribution in [0.3, 0.4) is 0 Å². The average Bonchev–Trinajstić information content (AvgIpc) is 3.05. The summed E-state index contributed by atoms with van der Waals surface area (Å²) in [5, 5.41) is 3.22. The molecule has 0 unspecified atom stereocenters. The first kappa shape index (κ1) is 11.3.